The average Bonchev–Trinajstić information content (AvgIpc) is 3.84. The molecule has 39 heavy (non-hydrogen) atoms. The Bertz CT molecular complexity index is 1760. The van der Waals surface area contributed by atoms with E-state index in [1.54, 1.807) is 30.9 Å². The Hall–Kier alpha value is -3.32. The summed E-state index contributed by atoms with van der Waals surface area (Å²) in [6.07, 6.45) is 7.53. The monoisotopic (exact) mass is 566 g/mol. The second-order valence-electron chi connectivity index (χ2n) is 10.3. The number of nitrogens with one attached hydrogen (secondary N) is 1. The van der Waals surface area contributed by atoms with Crippen molar-refractivity contribution in [3.8, 4) is 11.4 Å². The van der Waals surface area contributed by atoms with Gasteiger partial charge in [0.1, 0.15) is 21.1 Å². The highest BCUT2D eigenvalue weighted by Gasteiger charge is 2.33. The van der Waals surface area contributed by atoms with Gasteiger partial charge >= 0.3 is 0 Å². The molecule has 4 aromatic rings. The molecule has 2 aliphatic carbocycles. The Kier molecular flexibility index (Phi) is 6.45. The molecule has 0 bridgehead atoms. The summed E-state index contributed by atoms with van der Waals surface area (Å²) < 4.78 is 26.7. The minimum atomic E-state index is -3.36. The number of hydrogen-bond donors (Lipinski definition) is 1. The maximum Gasteiger partial charge on any atom is 0.295 e. The van der Waals surface area contributed by atoms with Crippen LogP contribution in [0.3, 0.4) is 0 Å². The molecule has 2 saturated carbocycles. The molecule has 2 aliphatic rings. The predicted molar refractivity (Wildman–Crippen MR) is 149 cm³/mol. The molecule has 0 spiro atoms. The van der Waals surface area contributed by atoms with E-state index in [-0.39, 0.29) is 33.9 Å². The molecular weight excluding hydrogens is 536 g/mol. The molecule has 0 unspecified atom stereocenters. The fourth-order valence-corrected chi connectivity index (χ4v) is 7.57. The highest BCUT2D eigenvalue weighted by atomic mass is 32.2. The van der Waals surface area contributed by atoms with Gasteiger partial charge in [-0.2, -0.15) is 0 Å². The zero-order chi connectivity index (χ0) is 27.5. The molecule has 4 aromatic heterocycles. The van der Waals surface area contributed by atoms with Crippen LogP contribution in [0, 0.1) is 19.8 Å². The fourth-order valence-electron chi connectivity index (χ4n) is 4.93. The second-order valence-corrected chi connectivity index (χ2v) is 13.9. The lowest BCUT2D eigenvalue weighted by Gasteiger charge is -2.19. The summed E-state index contributed by atoms with van der Waals surface area (Å²) in [4.78, 5) is 41.2. The van der Waals surface area contributed by atoms with Gasteiger partial charge in [0.2, 0.25) is 0 Å². The summed E-state index contributed by atoms with van der Waals surface area (Å²) in [5.74, 6) is 1.46. The zero-order valence-electron chi connectivity index (χ0n) is 22.3. The highest BCUT2D eigenvalue weighted by molar-refractivity contribution is 7.93. The van der Waals surface area contributed by atoms with E-state index >= 15 is 0 Å². The van der Waals surface area contributed by atoms with E-state index < -0.39 is 9.84 Å². The molecule has 4 heterocycles. The molecule has 0 aliphatic heterocycles. The van der Waals surface area contributed by atoms with Crippen molar-refractivity contribution in [3.05, 3.63) is 45.0 Å². The molecule has 0 saturated heterocycles. The average molecular weight is 567 g/mol. The van der Waals surface area contributed by atoms with Crippen LogP contribution in [0.15, 0.2) is 21.5 Å². The summed E-state index contributed by atoms with van der Waals surface area (Å²) in [7, 11) is -3.36. The lowest BCUT2D eigenvalue weighted by atomic mass is 10.1. The van der Waals surface area contributed by atoms with E-state index in [1.165, 1.54) is 0 Å². The van der Waals surface area contributed by atoms with Gasteiger partial charge in [-0.05, 0) is 52.4 Å². The highest BCUT2D eigenvalue weighted by Crippen LogP contribution is 2.43. The van der Waals surface area contributed by atoms with E-state index in [9.17, 15) is 13.2 Å². The Morgan fingerprint density at radius 2 is 1.85 bits per heavy atom. The van der Waals surface area contributed by atoms with Crippen LogP contribution in [0.4, 0.5) is 5.82 Å². The van der Waals surface area contributed by atoms with Crippen LogP contribution < -0.4 is 10.9 Å². The third-order valence-corrected chi connectivity index (χ3v) is 11.0. The van der Waals surface area contributed by atoms with Crippen molar-refractivity contribution in [2.75, 3.05) is 11.1 Å². The molecule has 13 heteroatoms. The number of hydrogen-bond acceptors (Lipinski definition) is 11. The third kappa shape index (κ3) is 4.82. The first-order valence-electron chi connectivity index (χ1n) is 13.2. The first-order chi connectivity index (χ1) is 18.7. The number of sulfone groups is 1. The van der Waals surface area contributed by atoms with Crippen LogP contribution in [-0.2, 0) is 16.4 Å². The maximum atomic E-state index is 13.8. The molecule has 0 aromatic carbocycles. The van der Waals surface area contributed by atoms with Crippen molar-refractivity contribution in [2.24, 2.45) is 5.92 Å². The van der Waals surface area contributed by atoms with Gasteiger partial charge < -0.3 is 5.32 Å². The molecule has 6 rings (SSSR count). The van der Waals surface area contributed by atoms with Crippen LogP contribution in [-0.4, -0.2) is 48.6 Å². The summed E-state index contributed by atoms with van der Waals surface area (Å²) in [5.41, 5.74) is 3.78. The molecule has 0 amide bonds. The smallest absolute Gasteiger partial charge is 0.295 e. The van der Waals surface area contributed by atoms with Crippen molar-refractivity contribution >= 4 is 38.2 Å². The van der Waals surface area contributed by atoms with E-state index in [0.717, 1.165) is 54.0 Å². The van der Waals surface area contributed by atoms with Crippen LogP contribution in [0.1, 0.15) is 73.6 Å². The molecule has 1 N–H and O–H groups in total. The van der Waals surface area contributed by atoms with Gasteiger partial charge in [-0.3, -0.25) is 9.36 Å². The number of thiazole rings is 1. The standard InChI is InChI=1S/C26H30N8O3S2/c1-5-39(36,37)26-14(3)31-19(38-26)11-28-23-25(35)34(15(4)16-6-7-16)24-18(32-23)10-27-22(33-24)20-13(2)29-12-30-21(20)17-8-9-17/h10,12,15-17H,5-9,11H2,1-4H3,(H,28,32)/t15-/m0/s1. The van der Waals surface area contributed by atoms with Gasteiger partial charge in [0.15, 0.2) is 27.1 Å². The Morgan fingerprint density at radius 3 is 2.54 bits per heavy atom. The van der Waals surface area contributed by atoms with Gasteiger partial charge in [0.05, 0.1) is 41.1 Å². The van der Waals surface area contributed by atoms with Gasteiger partial charge in [0, 0.05) is 12.0 Å². The van der Waals surface area contributed by atoms with Crippen molar-refractivity contribution in [1.29, 1.82) is 0 Å². The quantitative estimate of drug-likeness (QED) is 0.316. The molecule has 1 atom stereocenters. The lowest BCUT2D eigenvalue weighted by Crippen LogP contribution is -2.29. The molecule has 0 radical (unpaired) electrons. The number of aryl methyl sites for hydroxylation is 2. The molecule has 204 valence electrons. The first kappa shape index (κ1) is 25.9. The third-order valence-electron chi connectivity index (χ3n) is 7.47. The van der Waals surface area contributed by atoms with Crippen molar-refractivity contribution in [3.63, 3.8) is 0 Å². The summed E-state index contributed by atoms with van der Waals surface area (Å²) in [6, 6.07) is -0.0641. The number of nitrogens with zero attached hydrogens (tertiary/aromatic N) is 7. The minimum Gasteiger partial charge on any atom is -0.359 e. The normalized spacial score (nSPS) is 16.5. The molecule has 2 fully saturated rings. The van der Waals surface area contributed by atoms with Crippen molar-refractivity contribution < 1.29 is 8.42 Å². The number of fused-ring (bicyclic) bond motifs is 1. The van der Waals surface area contributed by atoms with E-state index in [1.807, 2.05) is 13.8 Å². The first-order valence-corrected chi connectivity index (χ1v) is 15.7. The lowest BCUT2D eigenvalue weighted by molar-refractivity contribution is 0.482. The van der Waals surface area contributed by atoms with Gasteiger partial charge in [-0.15, -0.1) is 11.3 Å². The topological polar surface area (TPSA) is 146 Å². The predicted octanol–water partition coefficient (Wildman–Crippen LogP) is 3.97. The summed E-state index contributed by atoms with van der Waals surface area (Å²) >= 11 is 1.12. The Labute approximate surface area is 230 Å². The van der Waals surface area contributed by atoms with Gasteiger partial charge in [0.25, 0.3) is 5.56 Å². The largest absolute Gasteiger partial charge is 0.359 e. The Morgan fingerprint density at radius 1 is 1.08 bits per heavy atom. The molecule has 11 nitrogen and oxygen atoms in total. The van der Waals surface area contributed by atoms with E-state index in [0.29, 0.717) is 39.5 Å². The summed E-state index contributed by atoms with van der Waals surface area (Å²) in [6.45, 7) is 7.45. The number of aromatic nitrogens is 7. The number of anilines is 1. The molecular formula is C26H30N8O3S2. The SMILES string of the molecule is CCS(=O)(=O)c1sc(CNc2nc3cnc(-c4c(C)ncnc4C4CC4)nc3n([C@@H](C)C3CC3)c2=O)nc1C. The van der Waals surface area contributed by atoms with Crippen LogP contribution >= 0.6 is 11.3 Å². The zero-order valence-corrected chi connectivity index (χ0v) is 23.9. The van der Waals surface area contributed by atoms with Crippen LogP contribution in [0.2, 0.25) is 0 Å². The maximum absolute atomic E-state index is 13.8. The Balaban J connectivity index is 1.41. The van der Waals surface area contributed by atoms with Crippen LogP contribution in [0.5, 0.6) is 0 Å². The van der Waals surface area contributed by atoms with Crippen LogP contribution in [0.25, 0.3) is 22.6 Å². The summed E-state index contributed by atoms with van der Waals surface area (Å²) in [5, 5.41) is 3.68. The number of rotatable bonds is 9. The fraction of sp³-hybridized carbons (Fsp3) is 0.500. The van der Waals surface area contributed by atoms with Crippen molar-refractivity contribution in [1.82, 2.24) is 34.5 Å². The van der Waals surface area contributed by atoms with Gasteiger partial charge in [-0.25, -0.2) is 38.3 Å². The van der Waals surface area contributed by atoms with Crippen molar-refractivity contribution in [2.45, 2.75) is 76.1 Å². The van der Waals surface area contributed by atoms with E-state index in [2.05, 4.69) is 30.2 Å². The van der Waals surface area contributed by atoms with E-state index in [4.69, 9.17) is 4.98 Å². The second kappa shape index (κ2) is 9.70. The minimum absolute atomic E-state index is 0.0116. The van der Waals surface area contributed by atoms with Gasteiger partial charge in [-0.1, -0.05) is 6.92 Å².